The third-order valence-corrected chi connectivity index (χ3v) is 3.01. The van der Waals surface area contributed by atoms with Crippen LogP contribution in [0.3, 0.4) is 0 Å². The van der Waals surface area contributed by atoms with Gasteiger partial charge in [0.1, 0.15) is 4.90 Å². The van der Waals surface area contributed by atoms with Crippen LogP contribution in [0.25, 0.3) is 0 Å². The van der Waals surface area contributed by atoms with E-state index in [9.17, 15) is 13.2 Å². The average molecular weight is 269 g/mol. The fraction of sp³-hybridized carbons (Fsp3) is 0.182. The summed E-state index contributed by atoms with van der Waals surface area (Å²) in [6.45, 7) is 4.05. The van der Waals surface area contributed by atoms with Crippen LogP contribution in [-0.2, 0) is 14.8 Å². The number of sulfonamides is 1. The third kappa shape index (κ3) is 4.28. The van der Waals surface area contributed by atoms with Crippen LogP contribution in [0, 0.1) is 0 Å². The lowest BCUT2D eigenvalue weighted by Gasteiger charge is -2.09. The van der Waals surface area contributed by atoms with E-state index in [-0.39, 0.29) is 23.0 Å². The van der Waals surface area contributed by atoms with E-state index in [0.29, 0.717) is 6.54 Å². The summed E-state index contributed by atoms with van der Waals surface area (Å²) in [4.78, 5) is 11.4. The van der Waals surface area contributed by atoms with E-state index in [1.165, 1.54) is 18.2 Å². The van der Waals surface area contributed by atoms with Crippen molar-refractivity contribution in [3.05, 3.63) is 36.9 Å². The van der Waals surface area contributed by atoms with E-state index in [4.69, 9.17) is 5.14 Å². The van der Waals surface area contributed by atoms with Gasteiger partial charge in [0.25, 0.3) is 0 Å². The van der Waals surface area contributed by atoms with E-state index in [1.54, 1.807) is 12.1 Å². The number of anilines is 1. The molecule has 1 rings (SSSR count). The summed E-state index contributed by atoms with van der Waals surface area (Å²) in [5, 5.41) is 10.3. The fourth-order valence-corrected chi connectivity index (χ4v) is 1.99. The Bertz CT molecular complexity index is 540. The molecule has 1 amide bonds. The molecule has 0 atom stereocenters. The predicted octanol–water partition coefficient (Wildman–Crippen LogP) is 0.0481. The molecule has 0 spiro atoms. The van der Waals surface area contributed by atoms with Gasteiger partial charge in [-0.3, -0.25) is 4.79 Å². The largest absolute Gasteiger partial charge is 0.324 e. The maximum atomic E-state index is 11.5. The molecule has 0 aliphatic heterocycles. The molecule has 1 aromatic carbocycles. The number of hydrogen-bond donors (Lipinski definition) is 3. The minimum atomic E-state index is -3.86. The zero-order valence-corrected chi connectivity index (χ0v) is 10.5. The number of hydrogen-bond acceptors (Lipinski definition) is 4. The molecule has 18 heavy (non-hydrogen) atoms. The predicted molar refractivity (Wildman–Crippen MR) is 69.5 cm³/mol. The van der Waals surface area contributed by atoms with Gasteiger partial charge in [-0.2, -0.15) is 0 Å². The molecule has 4 N–H and O–H groups in total. The van der Waals surface area contributed by atoms with Crippen molar-refractivity contribution in [2.75, 3.05) is 18.4 Å². The van der Waals surface area contributed by atoms with Crippen LogP contribution in [-0.4, -0.2) is 27.4 Å². The molecule has 0 radical (unpaired) electrons. The van der Waals surface area contributed by atoms with Crippen molar-refractivity contribution in [3.8, 4) is 0 Å². The maximum absolute atomic E-state index is 11.5. The van der Waals surface area contributed by atoms with Crippen LogP contribution in [0.5, 0.6) is 0 Å². The van der Waals surface area contributed by atoms with Crippen molar-refractivity contribution >= 4 is 21.6 Å². The highest BCUT2D eigenvalue weighted by molar-refractivity contribution is 7.89. The number of nitrogens with two attached hydrogens (primary N) is 1. The quantitative estimate of drug-likeness (QED) is 0.501. The number of benzene rings is 1. The number of para-hydroxylation sites is 1. The van der Waals surface area contributed by atoms with Gasteiger partial charge in [0.2, 0.25) is 15.9 Å². The van der Waals surface area contributed by atoms with Gasteiger partial charge in [0.05, 0.1) is 12.2 Å². The van der Waals surface area contributed by atoms with E-state index < -0.39 is 10.0 Å². The molecule has 0 bridgehead atoms. The van der Waals surface area contributed by atoms with Crippen LogP contribution >= 0.6 is 0 Å². The van der Waals surface area contributed by atoms with Crippen molar-refractivity contribution in [3.63, 3.8) is 0 Å². The molecule has 0 aliphatic carbocycles. The molecule has 0 fully saturated rings. The Kier molecular flexibility index (Phi) is 5.02. The van der Waals surface area contributed by atoms with Gasteiger partial charge in [-0.05, 0) is 12.1 Å². The van der Waals surface area contributed by atoms with Gasteiger partial charge in [-0.1, -0.05) is 18.2 Å². The fourth-order valence-electron chi connectivity index (χ4n) is 1.30. The van der Waals surface area contributed by atoms with Crippen molar-refractivity contribution < 1.29 is 13.2 Å². The number of amides is 1. The molecular weight excluding hydrogens is 254 g/mol. The Labute approximate surface area is 106 Å². The van der Waals surface area contributed by atoms with Crippen molar-refractivity contribution in [2.45, 2.75) is 4.90 Å². The first-order valence-corrected chi connectivity index (χ1v) is 6.73. The summed E-state index contributed by atoms with van der Waals surface area (Å²) in [6, 6.07) is 5.96. The maximum Gasteiger partial charge on any atom is 0.240 e. The summed E-state index contributed by atoms with van der Waals surface area (Å²) in [5.74, 6) is -0.354. The van der Waals surface area contributed by atoms with Crippen molar-refractivity contribution in [1.29, 1.82) is 0 Å². The number of rotatable bonds is 6. The summed E-state index contributed by atoms with van der Waals surface area (Å²) < 4.78 is 22.6. The van der Waals surface area contributed by atoms with E-state index in [0.717, 1.165) is 0 Å². The lowest BCUT2D eigenvalue weighted by atomic mass is 10.3. The number of carbonyl (C=O) groups excluding carboxylic acids is 1. The Hall–Kier alpha value is -1.70. The average Bonchev–Trinajstić information content (AvgIpc) is 2.28. The van der Waals surface area contributed by atoms with Crippen LogP contribution in [0.15, 0.2) is 41.8 Å². The molecule has 0 heterocycles. The van der Waals surface area contributed by atoms with Gasteiger partial charge in [0, 0.05) is 6.54 Å². The summed E-state index contributed by atoms with van der Waals surface area (Å²) in [5.41, 5.74) is 0.172. The topological polar surface area (TPSA) is 101 Å². The molecule has 0 saturated carbocycles. The third-order valence-electron chi connectivity index (χ3n) is 2.04. The normalized spacial score (nSPS) is 10.9. The van der Waals surface area contributed by atoms with Crippen molar-refractivity contribution in [1.82, 2.24) is 5.32 Å². The first kappa shape index (κ1) is 14.4. The zero-order valence-electron chi connectivity index (χ0n) is 9.72. The Balaban J connectivity index is 2.79. The standard InChI is InChI=1S/C11H15N3O3S/c1-2-7-13-8-11(15)14-9-5-3-4-6-10(9)18(12,16)17/h2-6,13H,1,7-8H2,(H,14,15)(H2,12,16,17). The molecule has 7 heteroatoms. The first-order chi connectivity index (χ1) is 8.45. The first-order valence-electron chi connectivity index (χ1n) is 5.18. The smallest absolute Gasteiger partial charge is 0.240 e. The van der Waals surface area contributed by atoms with E-state index in [1.807, 2.05) is 0 Å². The molecule has 0 aliphatic rings. The molecule has 6 nitrogen and oxygen atoms in total. The monoisotopic (exact) mass is 269 g/mol. The number of primary sulfonamides is 1. The van der Waals surface area contributed by atoms with E-state index in [2.05, 4.69) is 17.2 Å². The molecule has 0 aromatic heterocycles. The van der Waals surface area contributed by atoms with Gasteiger partial charge < -0.3 is 10.6 Å². The highest BCUT2D eigenvalue weighted by Crippen LogP contribution is 2.18. The highest BCUT2D eigenvalue weighted by atomic mass is 32.2. The van der Waals surface area contributed by atoms with Gasteiger partial charge >= 0.3 is 0 Å². The zero-order chi connectivity index (χ0) is 13.6. The molecule has 0 saturated heterocycles. The summed E-state index contributed by atoms with van der Waals surface area (Å²) >= 11 is 0. The lowest BCUT2D eigenvalue weighted by molar-refractivity contribution is -0.115. The summed E-state index contributed by atoms with van der Waals surface area (Å²) in [7, 11) is -3.86. The Morgan fingerprint density at radius 3 is 2.67 bits per heavy atom. The second-order valence-electron chi connectivity index (χ2n) is 3.51. The molecule has 98 valence electrons. The van der Waals surface area contributed by atoms with E-state index >= 15 is 0 Å². The molecular formula is C11H15N3O3S. The SMILES string of the molecule is C=CCNCC(=O)Nc1ccccc1S(N)(=O)=O. The van der Waals surface area contributed by atoms with Crippen LogP contribution < -0.4 is 15.8 Å². The van der Waals surface area contributed by atoms with Crippen LogP contribution in [0.4, 0.5) is 5.69 Å². The second kappa shape index (κ2) is 6.29. The van der Waals surface area contributed by atoms with Gasteiger partial charge in [-0.15, -0.1) is 6.58 Å². The highest BCUT2D eigenvalue weighted by Gasteiger charge is 2.14. The Morgan fingerprint density at radius 2 is 2.06 bits per heavy atom. The Morgan fingerprint density at radius 1 is 1.39 bits per heavy atom. The molecule has 0 unspecified atom stereocenters. The minimum absolute atomic E-state index is 0.0605. The lowest BCUT2D eigenvalue weighted by Crippen LogP contribution is -2.29. The van der Waals surface area contributed by atoms with Gasteiger partial charge in [-0.25, -0.2) is 13.6 Å². The van der Waals surface area contributed by atoms with Crippen molar-refractivity contribution in [2.24, 2.45) is 5.14 Å². The summed E-state index contributed by atoms with van der Waals surface area (Å²) in [6.07, 6.45) is 1.62. The van der Waals surface area contributed by atoms with Crippen LogP contribution in [0.2, 0.25) is 0 Å². The van der Waals surface area contributed by atoms with Crippen LogP contribution in [0.1, 0.15) is 0 Å². The molecule has 1 aromatic rings. The number of nitrogens with one attached hydrogen (secondary N) is 2. The second-order valence-corrected chi connectivity index (χ2v) is 5.04. The minimum Gasteiger partial charge on any atom is -0.324 e. The van der Waals surface area contributed by atoms with Gasteiger partial charge in [0.15, 0.2) is 0 Å². The number of carbonyl (C=O) groups is 1.